The molecule has 0 aliphatic heterocycles. The Bertz CT molecular complexity index is 596. The first-order valence-electron chi connectivity index (χ1n) is 5.93. The van der Waals surface area contributed by atoms with Gasteiger partial charge < -0.3 is 10.6 Å². The minimum Gasteiger partial charge on any atom is -0.351 e. The summed E-state index contributed by atoms with van der Waals surface area (Å²) in [6, 6.07) is 5.50. The van der Waals surface area contributed by atoms with Crippen LogP contribution in [0.3, 0.4) is 0 Å². The van der Waals surface area contributed by atoms with Gasteiger partial charge in [0.15, 0.2) is 0 Å². The number of anilines is 2. The normalized spacial score (nSPS) is 9.85. The molecule has 0 spiro atoms. The summed E-state index contributed by atoms with van der Waals surface area (Å²) in [6.45, 7) is 4.11. The zero-order valence-electron chi connectivity index (χ0n) is 10.6. The molecule has 0 saturated heterocycles. The van der Waals surface area contributed by atoms with Crippen molar-refractivity contribution in [2.75, 3.05) is 17.2 Å². The van der Waals surface area contributed by atoms with E-state index >= 15 is 0 Å². The molecule has 0 radical (unpaired) electrons. The van der Waals surface area contributed by atoms with Crippen LogP contribution in [0.5, 0.6) is 0 Å². The molecular formula is C14H13FN4O. The molecule has 102 valence electrons. The van der Waals surface area contributed by atoms with E-state index in [4.69, 9.17) is 0 Å². The van der Waals surface area contributed by atoms with E-state index in [-0.39, 0.29) is 11.7 Å². The molecule has 0 fully saturated rings. The summed E-state index contributed by atoms with van der Waals surface area (Å²) < 4.78 is 12.7. The Balaban J connectivity index is 2.01. The van der Waals surface area contributed by atoms with Crippen LogP contribution >= 0.6 is 0 Å². The van der Waals surface area contributed by atoms with E-state index in [1.807, 2.05) is 0 Å². The Hall–Kier alpha value is -2.76. The van der Waals surface area contributed by atoms with Crippen molar-refractivity contribution in [3.05, 3.63) is 60.7 Å². The molecule has 1 aromatic heterocycles. The SMILES string of the molecule is C=CCNc1ncc(C(=O)Nc2ccc(F)cc2)cn1. The molecule has 2 aromatic rings. The number of nitrogens with zero attached hydrogens (tertiary/aromatic N) is 2. The minimum absolute atomic E-state index is 0.318. The lowest BCUT2D eigenvalue weighted by molar-refractivity contribution is 0.102. The molecule has 0 bridgehead atoms. The Labute approximate surface area is 115 Å². The molecule has 0 aliphatic rings. The summed E-state index contributed by atoms with van der Waals surface area (Å²) in [4.78, 5) is 19.9. The molecule has 1 aromatic carbocycles. The van der Waals surface area contributed by atoms with E-state index in [0.29, 0.717) is 23.7 Å². The highest BCUT2D eigenvalue weighted by atomic mass is 19.1. The molecule has 2 rings (SSSR count). The highest BCUT2D eigenvalue weighted by Gasteiger charge is 2.07. The average molecular weight is 272 g/mol. The topological polar surface area (TPSA) is 66.9 Å². The smallest absolute Gasteiger partial charge is 0.258 e. The number of benzene rings is 1. The van der Waals surface area contributed by atoms with Gasteiger partial charge in [-0.2, -0.15) is 0 Å². The van der Waals surface area contributed by atoms with Crippen LogP contribution in [0.2, 0.25) is 0 Å². The van der Waals surface area contributed by atoms with Crippen molar-refractivity contribution in [1.29, 1.82) is 0 Å². The van der Waals surface area contributed by atoms with E-state index < -0.39 is 0 Å². The predicted molar refractivity (Wildman–Crippen MR) is 75.1 cm³/mol. The maximum atomic E-state index is 12.7. The lowest BCUT2D eigenvalue weighted by Crippen LogP contribution is -2.13. The molecule has 0 aliphatic carbocycles. The van der Waals surface area contributed by atoms with E-state index in [2.05, 4.69) is 27.2 Å². The van der Waals surface area contributed by atoms with Crippen LogP contribution in [0, 0.1) is 5.82 Å². The van der Waals surface area contributed by atoms with E-state index in [9.17, 15) is 9.18 Å². The molecule has 0 unspecified atom stereocenters. The largest absolute Gasteiger partial charge is 0.351 e. The third-order valence-electron chi connectivity index (χ3n) is 2.42. The number of carbonyl (C=O) groups is 1. The van der Waals surface area contributed by atoms with Crippen LogP contribution in [0.15, 0.2) is 49.3 Å². The van der Waals surface area contributed by atoms with Crippen molar-refractivity contribution in [3.63, 3.8) is 0 Å². The first-order chi connectivity index (χ1) is 9.69. The Morgan fingerprint density at radius 1 is 1.25 bits per heavy atom. The van der Waals surface area contributed by atoms with E-state index in [0.717, 1.165) is 0 Å². The van der Waals surface area contributed by atoms with Crippen molar-refractivity contribution >= 4 is 17.5 Å². The fraction of sp³-hybridized carbons (Fsp3) is 0.0714. The molecule has 6 heteroatoms. The lowest BCUT2D eigenvalue weighted by atomic mass is 10.2. The summed E-state index contributed by atoms with van der Waals surface area (Å²) in [7, 11) is 0. The maximum Gasteiger partial charge on any atom is 0.258 e. The van der Waals surface area contributed by atoms with Gasteiger partial charge in [-0.1, -0.05) is 6.08 Å². The highest BCUT2D eigenvalue weighted by Crippen LogP contribution is 2.10. The maximum absolute atomic E-state index is 12.7. The molecule has 1 heterocycles. The third-order valence-corrected chi connectivity index (χ3v) is 2.42. The number of hydrogen-bond donors (Lipinski definition) is 2. The van der Waals surface area contributed by atoms with Crippen LogP contribution in [0.25, 0.3) is 0 Å². The number of carbonyl (C=O) groups excluding carboxylic acids is 1. The number of amides is 1. The zero-order valence-corrected chi connectivity index (χ0v) is 10.6. The second-order valence-electron chi connectivity index (χ2n) is 3.93. The van der Waals surface area contributed by atoms with Gasteiger partial charge in [0.1, 0.15) is 5.82 Å². The van der Waals surface area contributed by atoms with E-state index in [1.165, 1.54) is 36.7 Å². The summed E-state index contributed by atoms with van der Waals surface area (Å²) >= 11 is 0. The van der Waals surface area contributed by atoms with Crippen molar-refractivity contribution < 1.29 is 9.18 Å². The van der Waals surface area contributed by atoms with Gasteiger partial charge in [-0.15, -0.1) is 6.58 Å². The van der Waals surface area contributed by atoms with Crippen molar-refractivity contribution in [3.8, 4) is 0 Å². The summed E-state index contributed by atoms with van der Waals surface area (Å²) in [5.74, 6) is -0.293. The zero-order chi connectivity index (χ0) is 14.4. The molecular weight excluding hydrogens is 259 g/mol. The Morgan fingerprint density at radius 2 is 1.90 bits per heavy atom. The van der Waals surface area contributed by atoms with Gasteiger partial charge in [0.05, 0.1) is 5.56 Å². The predicted octanol–water partition coefficient (Wildman–Crippen LogP) is 2.47. The van der Waals surface area contributed by atoms with Gasteiger partial charge in [0.25, 0.3) is 5.91 Å². The first kappa shape index (κ1) is 13.7. The molecule has 20 heavy (non-hydrogen) atoms. The molecule has 5 nitrogen and oxygen atoms in total. The molecule has 2 N–H and O–H groups in total. The van der Waals surface area contributed by atoms with Crippen molar-refractivity contribution in [2.24, 2.45) is 0 Å². The van der Waals surface area contributed by atoms with Gasteiger partial charge in [-0.25, -0.2) is 14.4 Å². The van der Waals surface area contributed by atoms with E-state index in [1.54, 1.807) is 6.08 Å². The van der Waals surface area contributed by atoms with Gasteiger partial charge >= 0.3 is 0 Å². The van der Waals surface area contributed by atoms with Gasteiger partial charge in [-0.05, 0) is 24.3 Å². The minimum atomic E-state index is -0.357. The summed E-state index contributed by atoms with van der Waals surface area (Å²) in [5.41, 5.74) is 0.823. The van der Waals surface area contributed by atoms with Gasteiger partial charge in [0, 0.05) is 24.6 Å². The fourth-order valence-corrected chi connectivity index (χ4v) is 1.44. The van der Waals surface area contributed by atoms with Crippen LogP contribution in [0.1, 0.15) is 10.4 Å². The highest BCUT2D eigenvalue weighted by molar-refractivity contribution is 6.03. The number of aromatic nitrogens is 2. The fourth-order valence-electron chi connectivity index (χ4n) is 1.44. The Kier molecular flexibility index (Phi) is 4.39. The van der Waals surface area contributed by atoms with Crippen LogP contribution in [0.4, 0.5) is 16.0 Å². The number of nitrogens with one attached hydrogen (secondary N) is 2. The van der Waals surface area contributed by atoms with Crippen LogP contribution < -0.4 is 10.6 Å². The summed E-state index contributed by atoms with van der Waals surface area (Å²) in [5, 5.41) is 5.53. The summed E-state index contributed by atoms with van der Waals surface area (Å²) in [6.07, 6.45) is 4.51. The molecule has 0 saturated carbocycles. The second kappa shape index (κ2) is 6.42. The standard InChI is InChI=1S/C14H13FN4O/c1-2-7-16-14-17-8-10(9-18-14)13(20)19-12-5-3-11(15)4-6-12/h2-6,8-9H,1,7H2,(H,19,20)(H,16,17,18). The van der Waals surface area contributed by atoms with Crippen LogP contribution in [-0.2, 0) is 0 Å². The quantitative estimate of drug-likeness (QED) is 0.820. The Morgan fingerprint density at radius 3 is 2.50 bits per heavy atom. The first-order valence-corrected chi connectivity index (χ1v) is 5.93. The number of halogens is 1. The number of hydrogen-bond acceptors (Lipinski definition) is 4. The van der Waals surface area contributed by atoms with Gasteiger partial charge in [-0.3, -0.25) is 4.79 Å². The molecule has 0 atom stereocenters. The monoisotopic (exact) mass is 272 g/mol. The molecule has 1 amide bonds. The average Bonchev–Trinajstić information content (AvgIpc) is 2.48. The van der Waals surface area contributed by atoms with Gasteiger partial charge in [0.2, 0.25) is 5.95 Å². The van der Waals surface area contributed by atoms with Crippen LogP contribution in [-0.4, -0.2) is 22.4 Å². The number of rotatable bonds is 5. The van der Waals surface area contributed by atoms with Crippen molar-refractivity contribution in [1.82, 2.24) is 9.97 Å². The lowest BCUT2D eigenvalue weighted by Gasteiger charge is -2.05. The third kappa shape index (κ3) is 3.61. The van der Waals surface area contributed by atoms with Crippen molar-refractivity contribution in [2.45, 2.75) is 0 Å². The second-order valence-corrected chi connectivity index (χ2v) is 3.93.